The van der Waals surface area contributed by atoms with Crippen LogP contribution in [0.2, 0.25) is 0 Å². The molecule has 0 aromatic heterocycles. The molecule has 0 atom stereocenters. The molecule has 0 amide bonds. The summed E-state index contributed by atoms with van der Waals surface area (Å²) in [5.41, 5.74) is 0.963. The molecule has 0 spiro atoms. The van der Waals surface area contributed by atoms with E-state index in [9.17, 15) is 10.1 Å². The maximum Gasteiger partial charge on any atom is 0.269 e. The van der Waals surface area contributed by atoms with E-state index in [-0.39, 0.29) is 5.69 Å². The summed E-state index contributed by atoms with van der Waals surface area (Å²) < 4.78 is 0. The molecule has 0 heterocycles. The molecule has 1 aliphatic carbocycles. The zero-order chi connectivity index (χ0) is 14.4. The lowest BCUT2D eigenvalue weighted by Crippen LogP contribution is -2.40. The van der Waals surface area contributed by atoms with E-state index < -0.39 is 4.92 Å². The van der Waals surface area contributed by atoms with E-state index >= 15 is 0 Å². The first kappa shape index (κ1) is 14.1. The minimum Gasteiger partial charge on any atom is -0.383 e. The summed E-state index contributed by atoms with van der Waals surface area (Å²) in [5, 5.41) is 20.2. The first-order chi connectivity index (χ1) is 9.69. The SMILES string of the molecule is CN=C(NCCNc1ccc([N+](=O)[O-])cc1)NC1CC1. The van der Waals surface area contributed by atoms with Gasteiger partial charge in [0.2, 0.25) is 0 Å². The van der Waals surface area contributed by atoms with Crippen molar-refractivity contribution >= 4 is 17.3 Å². The van der Waals surface area contributed by atoms with E-state index in [0.717, 1.165) is 18.2 Å². The summed E-state index contributed by atoms with van der Waals surface area (Å²) in [5.74, 6) is 0.818. The van der Waals surface area contributed by atoms with Crippen molar-refractivity contribution in [3.05, 3.63) is 34.4 Å². The summed E-state index contributed by atoms with van der Waals surface area (Å²) in [6.07, 6.45) is 2.42. The minimum atomic E-state index is -0.404. The first-order valence-electron chi connectivity index (χ1n) is 6.64. The average molecular weight is 277 g/mol. The van der Waals surface area contributed by atoms with Gasteiger partial charge in [-0.3, -0.25) is 15.1 Å². The highest BCUT2D eigenvalue weighted by atomic mass is 16.6. The van der Waals surface area contributed by atoms with Crippen molar-refractivity contribution in [1.82, 2.24) is 10.6 Å². The van der Waals surface area contributed by atoms with Gasteiger partial charge in [0, 0.05) is 44.0 Å². The van der Waals surface area contributed by atoms with Gasteiger partial charge < -0.3 is 16.0 Å². The van der Waals surface area contributed by atoms with Crippen molar-refractivity contribution in [2.45, 2.75) is 18.9 Å². The van der Waals surface area contributed by atoms with Gasteiger partial charge in [-0.25, -0.2) is 0 Å². The number of nitro groups is 1. The van der Waals surface area contributed by atoms with Crippen LogP contribution in [0.5, 0.6) is 0 Å². The van der Waals surface area contributed by atoms with Gasteiger partial charge >= 0.3 is 0 Å². The first-order valence-corrected chi connectivity index (χ1v) is 6.64. The summed E-state index contributed by atoms with van der Waals surface area (Å²) in [6, 6.07) is 6.96. The average Bonchev–Trinajstić information content (AvgIpc) is 3.26. The molecule has 0 radical (unpaired) electrons. The van der Waals surface area contributed by atoms with Gasteiger partial charge in [0.25, 0.3) is 5.69 Å². The number of hydrogen-bond acceptors (Lipinski definition) is 4. The van der Waals surface area contributed by atoms with E-state index in [1.165, 1.54) is 25.0 Å². The van der Waals surface area contributed by atoms with E-state index in [1.54, 1.807) is 19.2 Å². The van der Waals surface area contributed by atoms with Crippen molar-refractivity contribution in [3.63, 3.8) is 0 Å². The molecule has 1 fully saturated rings. The van der Waals surface area contributed by atoms with Gasteiger partial charge in [-0.15, -0.1) is 0 Å². The predicted octanol–water partition coefficient (Wildman–Crippen LogP) is 1.33. The zero-order valence-corrected chi connectivity index (χ0v) is 11.4. The Labute approximate surface area is 117 Å². The van der Waals surface area contributed by atoms with Crippen LogP contribution < -0.4 is 16.0 Å². The number of non-ortho nitro benzene ring substituents is 1. The highest BCUT2D eigenvalue weighted by Crippen LogP contribution is 2.18. The minimum absolute atomic E-state index is 0.0997. The molecule has 0 unspecified atom stereocenters. The van der Waals surface area contributed by atoms with Crippen LogP contribution in [0, 0.1) is 10.1 Å². The van der Waals surface area contributed by atoms with Gasteiger partial charge in [0.15, 0.2) is 5.96 Å². The van der Waals surface area contributed by atoms with E-state index in [0.29, 0.717) is 12.6 Å². The quantitative estimate of drug-likeness (QED) is 0.240. The molecule has 108 valence electrons. The Morgan fingerprint density at radius 1 is 1.35 bits per heavy atom. The van der Waals surface area contributed by atoms with E-state index in [4.69, 9.17) is 0 Å². The molecular weight excluding hydrogens is 258 g/mol. The van der Waals surface area contributed by atoms with Crippen LogP contribution in [0.25, 0.3) is 0 Å². The molecule has 0 aliphatic heterocycles. The third kappa shape index (κ3) is 4.42. The summed E-state index contributed by atoms with van der Waals surface area (Å²) in [4.78, 5) is 14.3. The Hall–Kier alpha value is -2.31. The molecule has 7 nitrogen and oxygen atoms in total. The van der Waals surface area contributed by atoms with Gasteiger partial charge in [0.1, 0.15) is 0 Å². The maximum absolute atomic E-state index is 10.5. The fourth-order valence-electron chi connectivity index (χ4n) is 1.70. The summed E-state index contributed by atoms with van der Waals surface area (Å²) in [6.45, 7) is 1.44. The van der Waals surface area contributed by atoms with Crippen LogP contribution in [0.1, 0.15) is 12.8 Å². The highest BCUT2D eigenvalue weighted by molar-refractivity contribution is 5.80. The van der Waals surface area contributed by atoms with Crippen LogP contribution in [0.3, 0.4) is 0 Å². The third-order valence-electron chi connectivity index (χ3n) is 2.97. The van der Waals surface area contributed by atoms with Crippen molar-refractivity contribution in [1.29, 1.82) is 0 Å². The van der Waals surface area contributed by atoms with Gasteiger partial charge in [-0.05, 0) is 25.0 Å². The molecule has 7 heteroatoms. The summed E-state index contributed by atoms with van der Waals surface area (Å²) >= 11 is 0. The fourth-order valence-corrected chi connectivity index (χ4v) is 1.70. The predicted molar refractivity (Wildman–Crippen MR) is 79.1 cm³/mol. The molecule has 3 N–H and O–H groups in total. The van der Waals surface area contributed by atoms with Crippen LogP contribution in [-0.4, -0.2) is 37.1 Å². The molecule has 1 aliphatic rings. The second kappa shape index (κ2) is 6.74. The van der Waals surface area contributed by atoms with Gasteiger partial charge in [-0.1, -0.05) is 0 Å². The van der Waals surface area contributed by atoms with Crippen LogP contribution in [-0.2, 0) is 0 Å². The maximum atomic E-state index is 10.5. The molecule has 1 saturated carbocycles. The van der Waals surface area contributed by atoms with Crippen LogP contribution >= 0.6 is 0 Å². The lowest BCUT2D eigenvalue weighted by Gasteiger charge is -2.12. The van der Waals surface area contributed by atoms with Crippen LogP contribution in [0.15, 0.2) is 29.3 Å². The Kier molecular flexibility index (Phi) is 4.75. The van der Waals surface area contributed by atoms with Gasteiger partial charge in [-0.2, -0.15) is 0 Å². The number of aliphatic imine (C=N–C) groups is 1. The second-order valence-corrected chi connectivity index (χ2v) is 4.65. The van der Waals surface area contributed by atoms with Crippen molar-refractivity contribution in [3.8, 4) is 0 Å². The lowest BCUT2D eigenvalue weighted by atomic mass is 10.3. The normalized spacial score (nSPS) is 14.8. The van der Waals surface area contributed by atoms with Crippen molar-refractivity contribution in [2.75, 3.05) is 25.5 Å². The molecule has 1 aromatic rings. The molecule has 2 rings (SSSR count). The second-order valence-electron chi connectivity index (χ2n) is 4.65. The topological polar surface area (TPSA) is 91.6 Å². The molecule has 20 heavy (non-hydrogen) atoms. The Balaban J connectivity index is 1.68. The number of benzene rings is 1. The number of anilines is 1. The van der Waals surface area contributed by atoms with Gasteiger partial charge in [0.05, 0.1) is 4.92 Å². The summed E-state index contributed by atoms with van der Waals surface area (Å²) in [7, 11) is 1.75. The van der Waals surface area contributed by atoms with Crippen molar-refractivity contribution < 1.29 is 4.92 Å². The Morgan fingerprint density at radius 3 is 2.60 bits per heavy atom. The standard InChI is InChI=1S/C13H19N5O2/c1-14-13(17-11-2-3-11)16-9-8-15-10-4-6-12(7-5-10)18(19)20/h4-7,11,15H,2-3,8-9H2,1H3,(H2,14,16,17). The van der Waals surface area contributed by atoms with E-state index in [1.807, 2.05) is 0 Å². The molecule has 0 saturated heterocycles. The largest absolute Gasteiger partial charge is 0.383 e. The Bertz CT molecular complexity index is 482. The monoisotopic (exact) mass is 277 g/mol. The smallest absolute Gasteiger partial charge is 0.269 e. The van der Waals surface area contributed by atoms with E-state index in [2.05, 4.69) is 20.9 Å². The van der Waals surface area contributed by atoms with Crippen LogP contribution in [0.4, 0.5) is 11.4 Å². The lowest BCUT2D eigenvalue weighted by molar-refractivity contribution is -0.384. The zero-order valence-electron chi connectivity index (χ0n) is 11.4. The number of nitrogens with zero attached hydrogens (tertiary/aromatic N) is 2. The third-order valence-corrected chi connectivity index (χ3v) is 2.97. The molecule has 0 bridgehead atoms. The number of nitro benzene ring substituents is 1. The number of hydrogen-bond donors (Lipinski definition) is 3. The fraction of sp³-hybridized carbons (Fsp3) is 0.462. The van der Waals surface area contributed by atoms with Crippen molar-refractivity contribution in [2.24, 2.45) is 4.99 Å². The molecule has 1 aromatic carbocycles. The highest BCUT2D eigenvalue weighted by Gasteiger charge is 2.21. The number of nitrogens with one attached hydrogen (secondary N) is 3. The molecular formula is C13H19N5O2. The number of guanidine groups is 1. The number of rotatable bonds is 6. The Morgan fingerprint density at radius 2 is 2.05 bits per heavy atom.